The fourth-order valence-corrected chi connectivity index (χ4v) is 3.99. The Morgan fingerprint density at radius 1 is 1.07 bits per heavy atom. The topological polar surface area (TPSA) is 49.4 Å². The van der Waals surface area contributed by atoms with E-state index in [2.05, 4.69) is 5.32 Å². The third-order valence-corrected chi connectivity index (χ3v) is 5.68. The maximum atomic E-state index is 13.1. The molecule has 1 atom stereocenters. The van der Waals surface area contributed by atoms with Crippen molar-refractivity contribution in [2.45, 2.75) is 57.1 Å². The van der Waals surface area contributed by atoms with Gasteiger partial charge >= 0.3 is 0 Å². The zero-order valence-corrected chi connectivity index (χ0v) is 18.8. The highest BCUT2D eigenvalue weighted by Gasteiger charge is 2.28. The number of thioether (sulfide) groups is 1. The fourth-order valence-electron chi connectivity index (χ4n) is 3.00. The number of nitrogens with one attached hydrogen (secondary N) is 1. The Morgan fingerprint density at radius 3 is 2.31 bits per heavy atom. The van der Waals surface area contributed by atoms with Gasteiger partial charge in [-0.25, -0.2) is 0 Å². The molecule has 4 nitrogen and oxygen atoms in total. The smallest absolute Gasteiger partial charge is 0.243 e. The van der Waals surface area contributed by atoms with Crippen LogP contribution in [0.25, 0.3) is 0 Å². The van der Waals surface area contributed by atoms with Gasteiger partial charge in [-0.3, -0.25) is 9.59 Å². The van der Waals surface area contributed by atoms with Crippen LogP contribution in [-0.2, 0) is 16.1 Å². The molecule has 0 aromatic heterocycles. The first-order valence-electron chi connectivity index (χ1n) is 9.92. The SMILES string of the molecule is CC[C@H](C(=O)NC(C)C)N(Cc1ccc(Cl)cc1)C(=O)CCSc1ccccc1. The van der Waals surface area contributed by atoms with Crippen LogP contribution in [0.1, 0.15) is 39.2 Å². The van der Waals surface area contributed by atoms with Crippen LogP contribution in [0.3, 0.4) is 0 Å². The Hall–Kier alpha value is -1.98. The van der Waals surface area contributed by atoms with Crippen LogP contribution < -0.4 is 5.32 Å². The number of amides is 2. The van der Waals surface area contributed by atoms with Crippen LogP contribution in [0.5, 0.6) is 0 Å². The molecule has 1 N–H and O–H groups in total. The predicted molar refractivity (Wildman–Crippen MR) is 121 cm³/mol. The van der Waals surface area contributed by atoms with Gasteiger partial charge < -0.3 is 10.2 Å². The molecule has 0 spiro atoms. The van der Waals surface area contributed by atoms with Crippen molar-refractivity contribution < 1.29 is 9.59 Å². The van der Waals surface area contributed by atoms with Crippen LogP contribution >= 0.6 is 23.4 Å². The molecular formula is C23H29ClN2O2S. The third-order valence-electron chi connectivity index (χ3n) is 4.41. The summed E-state index contributed by atoms with van der Waals surface area (Å²) in [6.07, 6.45) is 0.933. The van der Waals surface area contributed by atoms with Crippen molar-refractivity contribution in [2.24, 2.45) is 0 Å². The van der Waals surface area contributed by atoms with Crippen molar-refractivity contribution in [3.05, 3.63) is 65.2 Å². The maximum absolute atomic E-state index is 13.1. The highest BCUT2D eigenvalue weighted by molar-refractivity contribution is 7.99. The number of carbonyl (C=O) groups is 2. The van der Waals surface area contributed by atoms with E-state index in [9.17, 15) is 9.59 Å². The third kappa shape index (κ3) is 7.75. The van der Waals surface area contributed by atoms with E-state index in [1.165, 1.54) is 0 Å². The molecule has 0 radical (unpaired) electrons. The lowest BCUT2D eigenvalue weighted by Gasteiger charge is -2.31. The fraction of sp³-hybridized carbons (Fsp3) is 0.391. The molecule has 0 saturated carbocycles. The number of benzene rings is 2. The van der Waals surface area contributed by atoms with Gasteiger partial charge in [0.2, 0.25) is 11.8 Å². The summed E-state index contributed by atoms with van der Waals surface area (Å²) in [4.78, 5) is 28.7. The van der Waals surface area contributed by atoms with Gasteiger partial charge in [0.1, 0.15) is 6.04 Å². The minimum atomic E-state index is -0.498. The van der Waals surface area contributed by atoms with Gasteiger partial charge in [0.05, 0.1) is 0 Å². The Balaban J connectivity index is 2.11. The van der Waals surface area contributed by atoms with Gasteiger partial charge in [0, 0.05) is 34.7 Å². The summed E-state index contributed by atoms with van der Waals surface area (Å²) < 4.78 is 0. The predicted octanol–water partition coefficient (Wildman–Crippen LogP) is 5.15. The minimum Gasteiger partial charge on any atom is -0.352 e. The molecule has 2 aromatic carbocycles. The van der Waals surface area contributed by atoms with E-state index in [-0.39, 0.29) is 17.9 Å². The van der Waals surface area contributed by atoms with Crippen LogP contribution in [0.2, 0.25) is 5.02 Å². The molecule has 2 rings (SSSR count). The summed E-state index contributed by atoms with van der Waals surface area (Å²) in [7, 11) is 0. The van der Waals surface area contributed by atoms with Gasteiger partial charge in [0.15, 0.2) is 0 Å². The lowest BCUT2D eigenvalue weighted by molar-refractivity contribution is -0.141. The van der Waals surface area contributed by atoms with Gasteiger partial charge in [-0.05, 0) is 50.1 Å². The van der Waals surface area contributed by atoms with E-state index in [1.807, 2.05) is 63.2 Å². The number of hydrogen-bond donors (Lipinski definition) is 1. The summed E-state index contributed by atoms with van der Waals surface area (Å²) in [5.41, 5.74) is 0.953. The van der Waals surface area contributed by atoms with Gasteiger partial charge in [-0.15, -0.1) is 11.8 Å². The summed E-state index contributed by atoms with van der Waals surface area (Å²) in [5, 5.41) is 3.60. The lowest BCUT2D eigenvalue weighted by atomic mass is 10.1. The average molecular weight is 433 g/mol. The van der Waals surface area contributed by atoms with Gasteiger partial charge in [-0.1, -0.05) is 48.9 Å². The summed E-state index contributed by atoms with van der Waals surface area (Å²) in [6.45, 7) is 6.17. The van der Waals surface area contributed by atoms with Crippen molar-refractivity contribution in [1.29, 1.82) is 0 Å². The number of carbonyl (C=O) groups excluding carboxylic acids is 2. The second-order valence-corrected chi connectivity index (χ2v) is 8.75. The lowest BCUT2D eigenvalue weighted by Crippen LogP contribution is -2.50. The molecule has 0 bridgehead atoms. The van der Waals surface area contributed by atoms with Crippen molar-refractivity contribution >= 4 is 35.2 Å². The molecule has 0 fully saturated rings. The molecule has 0 unspecified atom stereocenters. The largest absolute Gasteiger partial charge is 0.352 e. The number of halogens is 1. The molecular weight excluding hydrogens is 404 g/mol. The van der Waals surface area contributed by atoms with Crippen LogP contribution in [-0.4, -0.2) is 34.6 Å². The molecule has 6 heteroatoms. The van der Waals surface area contributed by atoms with E-state index in [0.29, 0.717) is 30.2 Å². The molecule has 156 valence electrons. The first-order chi connectivity index (χ1) is 13.9. The minimum absolute atomic E-state index is 0.0193. The van der Waals surface area contributed by atoms with Gasteiger partial charge in [-0.2, -0.15) is 0 Å². The monoisotopic (exact) mass is 432 g/mol. The Bertz CT molecular complexity index is 781. The first kappa shape index (κ1) is 23.3. The van der Waals surface area contributed by atoms with Gasteiger partial charge in [0.25, 0.3) is 0 Å². The van der Waals surface area contributed by atoms with Crippen molar-refractivity contribution in [3.63, 3.8) is 0 Å². The van der Waals surface area contributed by atoms with Crippen molar-refractivity contribution in [3.8, 4) is 0 Å². The van der Waals surface area contributed by atoms with Crippen LogP contribution in [0.15, 0.2) is 59.5 Å². The van der Waals surface area contributed by atoms with E-state index in [1.54, 1.807) is 28.8 Å². The Labute approximate surface area is 183 Å². The summed E-state index contributed by atoms with van der Waals surface area (Å²) in [5.74, 6) is 0.539. The maximum Gasteiger partial charge on any atom is 0.243 e. The molecule has 29 heavy (non-hydrogen) atoms. The van der Waals surface area contributed by atoms with Crippen molar-refractivity contribution in [1.82, 2.24) is 10.2 Å². The molecule has 0 aliphatic carbocycles. The van der Waals surface area contributed by atoms with E-state index >= 15 is 0 Å². The van der Waals surface area contributed by atoms with Crippen LogP contribution in [0.4, 0.5) is 0 Å². The zero-order chi connectivity index (χ0) is 21.2. The average Bonchev–Trinajstić information content (AvgIpc) is 2.69. The summed E-state index contributed by atoms with van der Waals surface area (Å²) in [6, 6.07) is 16.9. The van der Waals surface area contributed by atoms with Crippen LogP contribution in [0, 0.1) is 0 Å². The number of rotatable bonds is 10. The number of nitrogens with zero attached hydrogens (tertiary/aromatic N) is 1. The van der Waals surface area contributed by atoms with E-state index in [0.717, 1.165) is 10.5 Å². The van der Waals surface area contributed by atoms with E-state index in [4.69, 9.17) is 11.6 Å². The normalized spacial score (nSPS) is 11.9. The number of hydrogen-bond acceptors (Lipinski definition) is 3. The Kier molecular flexibility index (Phi) is 9.55. The molecule has 0 saturated heterocycles. The quantitative estimate of drug-likeness (QED) is 0.528. The molecule has 0 aliphatic heterocycles. The second-order valence-electron chi connectivity index (χ2n) is 7.15. The highest BCUT2D eigenvalue weighted by atomic mass is 35.5. The highest BCUT2D eigenvalue weighted by Crippen LogP contribution is 2.20. The van der Waals surface area contributed by atoms with Crippen molar-refractivity contribution in [2.75, 3.05) is 5.75 Å². The second kappa shape index (κ2) is 11.9. The molecule has 0 aliphatic rings. The zero-order valence-electron chi connectivity index (χ0n) is 17.2. The first-order valence-corrected chi connectivity index (χ1v) is 11.3. The molecule has 2 aromatic rings. The standard InChI is InChI=1S/C23H29ClN2O2S/c1-4-21(23(28)25-17(2)3)26(16-18-10-12-19(24)13-11-18)22(27)14-15-29-20-8-6-5-7-9-20/h5-13,17,21H,4,14-16H2,1-3H3,(H,25,28)/t21-/m1/s1. The molecule has 0 heterocycles. The molecule has 2 amide bonds. The summed E-state index contributed by atoms with van der Waals surface area (Å²) >= 11 is 7.63. The van der Waals surface area contributed by atoms with E-state index < -0.39 is 6.04 Å². The Morgan fingerprint density at radius 2 is 1.72 bits per heavy atom.